The quantitative estimate of drug-likeness (QED) is 0.740. The monoisotopic (exact) mass is 429 g/mol. The Morgan fingerprint density at radius 2 is 1.97 bits per heavy atom. The molecule has 2 aromatic rings. The highest BCUT2D eigenvalue weighted by Gasteiger charge is 2.22. The van der Waals surface area contributed by atoms with Crippen LogP contribution in [-0.4, -0.2) is 43.7 Å². The number of anilines is 2. The molecular formula is C22H25ClFN5O. The van der Waals surface area contributed by atoms with Gasteiger partial charge >= 0.3 is 6.03 Å². The van der Waals surface area contributed by atoms with Gasteiger partial charge in [0.1, 0.15) is 11.9 Å². The van der Waals surface area contributed by atoms with E-state index in [-0.39, 0.29) is 10.8 Å². The zero-order chi connectivity index (χ0) is 21.7. The van der Waals surface area contributed by atoms with E-state index in [4.69, 9.17) is 16.9 Å². The molecule has 0 radical (unpaired) electrons. The SMILES string of the molecule is CCN1CCN(c2ccc(F)cc2C(C)NC(=O)Nc2ccc(C#N)c(Cl)c2)CC1. The van der Waals surface area contributed by atoms with Gasteiger partial charge in [-0.25, -0.2) is 9.18 Å². The third kappa shape index (κ3) is 5.21. The Morgan fingerprint density at radius 1 is 1.23 bits per heavy atom. The van der Waals surface area contributed by atoms with E-state index < -0.39 is 12.1 Å². The van der Waals surface area contributed by atoms with Crippen LogP contribution in [-0.2, 0) is 0 Å². The molecule has 1 aliphatic heterocycles. The minimum absolute atomic E-state index is 0.266. The molecule has 30 heavy (non-hydrogen) atoms. The van der Waals surface area contributed by atoms with Crippen molar-refractivity contribution in [3.63, 3.8) is 0 Å². The normalized spacial score (nSPS) is 15.4. The maximum Gasteiger partial charge on any atom is 0.319 e. The summed E-state index contributed by atoms with van der Waals surface area (Å²) < 4.78 is 14.0. The molecule has 8 heteroatoms. The van der Waals surface area contributed by atoms with Gasteiger partial charge < -0.3 is 20.4 Å². The van der Waals surface area contributed by atoms with E-state index in [2.05, 4.69) is 27.4 Å². The summed E-state index contributed by atoms with van der Waals surface area (Å²) >= 11 is 6.01. The Labute approximate surface area is 181 Å². The molecule has 158 valence electrons. The van der Waals surface area contributed by atoms with Crippen LogP contribution in [0.1, 0.15) is 31.0 Å². The van der Waals surface area contributed by atoms with Gasteiger partial charge in [0.25, 0.3) is 0 Å². The van der Waals surface area contributed by atoms with Gasteiger partial charge in [-0.3, -0.25) is 0 Å². The number of nitriles is 1. The van der Waals surface area contributed by atoms with Crippen LogP contribution in [0.15, 0.2) is 36.4 Å². The van der Waals surface area contributed by atoms with Crippen molar-refractivity contribution in [2.45, 2.75) is 19.9 Å². The first-order chi connectivity index (χ1) is 14.4. The molecule has 2 amide bonds. The number of hydrogen-bond donors (Lipinski definition) is 2. The largest absolute Gasteiger partial charge is 0.369 e. The number of likely N-dealkylation sites (N-methyl/N-ethyl adjacent to an activating group) is 1. The van der Waals surface area contributed by atoms with Gasteiger partial charge in [-0.1, -0.05) is 18.5 Å². The number of nitrogens with zero attached hydrogens (tertiary/aromatic N) is 3. The zero-order valence-corrected chi connectivity index (χ0v) is 17.8. The molecule has 6 nitrogen and oxygen atoms in total. The predicted octanol–water partition coefficient (Wildman–Crippen LogP) is 4.38. The molecule has 3 rings (SSSR count). The second kappa shape index (κ2) is 9.79. The van der Waals surface area contributed by atoms with Gasteiger partial charge in [-0.15, -0.1) is 0 Å². The first-order valence-electron chi connectivity index (χ1n) is 9.95. The molecule has 1 atom stereocenters. The van der Waals surface area contributed by atoms with Gasteiger partial charge in [0, 0.05) is 43.1 Å². The minimum atomic E-state index is -0.436. The van der Waals surface area contributed by atoms with Crippen molar-refractivity contribution >= 4 is 29.0 Å². The second-order valence-corrected chi connectivity index (χ2v) is 7.66. The molecule has 0 spiro atoms. The molecule has 1 fully saturated rings. The molecule has 0 bridgehead atoms. The van der Waals surface area contributed by atoms with E-state index in [0.29, 0.717) is 11.3 Å². The first-order valence-corrected chi connectivity index (χ1v) is 10.3. The van der Waals surface area contributed by atoms with Crippen LogP contribution in [0, 0.1) is 17.1 Å². The summed E-state index contributed by atoms with van der Waals surface area (Å²) in [4.78, 5) is 17.1. The highest BCUT2D eigenvalue weighted by Crippen LogP contribution is 2.28. The number of halogens is 2. The van der Waals surface area contributed by atoms with Gasteiger partial charge in [-0.2, -0.15) is 5.26 Å². The lowest BCUT2D eigenvalue weighted by Gasteiger charge is -2.37. The van der Waals surface area contributed by atoms with Crippen molar-refractivity contribution in [2.75, 3.05) is 42.9 Å². The molecule has 1 saturated heterocycles. The lowest BCUT2D eigenvalue weighted by molar-refractivity contribution is 0.249. The summed E-state index contributed by atoms with van der Waals surface area (Å²) in [5.74, 6) is -0.339. The Bertz CT molecular complexity index is 953. The van der Waals surface area contributed by atoms with E-state index in [1.54, 1.807) is 18.2 Å². The summed E-state index contributed by atoms with van der Waals surface area (Å²) in [5.41, 5.74) is 2.47. The Morgan fingerprint density at radius 3 is 2.60 bits per heavy atom. The summed E-state index contributed by atoms with van der Waals surface area (Å²) in [6.45, 7) is 8.60. The third-order valence-corrected chi connectivity index (χ3v) is 5.62. The average molecular weight is 430 g/mol. The van der Waals surface area contributed by atoms with Crippen molar-refractivity contribution in [1.82, 2.24) is 10.2 Å². The van der Waals surface area contributed by atoms with Crippen LogP contribution in [0.5, 0.6) is 0 Å². The number of amides is 2. The maximum atomic E-state index is 14.0. The van der Waals surface area contributed by atoms with Crippen LogP contribution in [0.2, 0.25) is 5.02 Å². The van der Waals surface area contributed by atoms with E-state index in [1.807, 2.05) is 13.0 Å². The topological polar surface area (TPSA) is 71.4 Å². The summed E-state index contributed by atoms with van der Waals surface area (Å²) in [6, 6.07) is 10.5. The van der Waals surface area contributed by atoms with Crippen molar-refractivity contribution in [3.8, 4) is 6.07 Å². The number of carbonyl (C=O) groups excluding carboxylic acids is 1. The number of hydrogen-bond acceptors (Lipinski definition) is 4. The number of nitrogens with one attached hydrogen (secondary N) is 2. The molecular weight excluding hydrogens is 405 g/mol. The Kier molecular flexibility index (Phi) is 7.14. The number of rotatable bonds is 5. The lowest BCUT2D eigenvalue weighted by atomic mass is 10.0. The third-order valence-electron chi connectivity index (χ3n) is 5.31. The van der Waals surface area contributed by atoms with Gasteiger partial charge in [0.05, 0.1) is 16.6 Å². The van der Waals surface area contributed by atoms with Crippen molar-refractivity contribution in [3.05, 3.63) is 58.4 Å². The molecule has 0 aliphatic carbocycles. The molecule has 0 saturated carbocycles. The lowest BCUT2D eigenvalue weighted by Crippen LogP contribution is -2.46. The number of benzene rings is 2. The maximum absolute atomic E-state index is 14.0. The molecule has 0 aromatic heterocycles. The second-order valence-electron chi connectivity index (χ2n) is 7.25. The standard InChI is InChI=1S/C22H25ClFN5O/c1-3-28-8-10-29(11-9-28)21-7-5-17(24)12-19(21)15(2)26-22(30)27-18-6-4-16(14-25)20(23)13-18/h4-7,12-13,15H,3,8-11H2,1-2H3,(H2,26,27,30). The average Bonchev–Trinajstić information content (AvgIpc) is 2.74. The van der Waals surface area contributed by atoms with Crippen LogP contribution < -0.4 is 15.5 Å². The van der Waals surface area contributed by atoms with E-state index in [1.165, 1.54) is 18.2 Å². The first kappa shape index (κ1) is 21.9. The van der Waals surface area contributed by atoms with Crippen molar-refractivity contribution in [2.24, 2.45) is 0 Å². The smallest absolute Gasteiger partial charge is 0.319 e. The minimum Gasteiger partial charge on any atom is -0.369 e. The molecule has 1 aliphatic rings. The van der Waals surface area contributed by atoms with E-state index in [9.17, 15) is 9.18 Å². The number of piperazine rings is 1. The molecule has 2 N–H and O–H groups in total. The Balaban J connectivity index is 1.71. The van der Waals surface area contributed by atoms with E-state index in [0.717, 1.165) is 44.0 Å². The van der Waals surface area contributed by atoms with Crippen molar-refractivity contribution in [1.29, 1.82) is 5.26 Å². The van der Waals surface area contributed by atoms with Gasteiger partial charge in [0.15, 0.2) is 0 Å². The van der Waals surface area contributed by atoms with Crippen molar-refractivity contribution < 1.29 is 9.18 Å². The molecule has 2 aromatic carbocycles. The highest BCUT2D eigenvalue weighted by molar-refractivity contribution is 6.32. The molecule has 1 unspecified atom stereocenters. The fraction of sp³-hybridized carbons (Fsp3) is 0.364. The fourth-order valence-corrected chi connectivity index (χ4v) is 3.81. The van der Waals surface area contributed by atoms with E-state index >= 15 is 0 Å². The highest BCUT2D eigenvalue weighted by atomic mass is 35.5. The van der Waals surface area contributed by atoms with Crippen LogP contribution in [0.25, 0.3) is 0 Å². The van der Waals surface area contributed by atoms with Crippen LogP contribution in [0.3, 0.4) is 0 Å². The molecule has 1 heterocycles. The zero-order valence-electron chi connectivity index (χ0n) is 17.1. The van der Waals surface area contributed by atoms with Gasteiger partial charge in [-0.05, 0) is 49.9 Å². The predicted molar refractivity (Wildman–Crippen MR) is 117 cm³/mol. The number of carbonyl (C=O) groups is 1. The summed E-state index contributed by atoms with van der Waals surface area (Å²) in [6.07, 6.45) is 0. The Hall–Kier alpha value is -2.82. The van der Waals surface area contributed by atoms with Crippen LogP contribution >= 0.6 is 11.6 Å². The fourth-order valence-electron chi connectivity index (χ4n) is 3.59. The number of urea groups is 1. The summed E-state index contributed by atoms with van der Waals surface area (Å²) in [7, 11) is 0. The summed E-state index contributed by atoms with van der Waals surface area (Å²) in [5, 5.41) is 14.8. The van der Waals surface area contributed by atoms with Gasteiger partial charge in [0.2, 0.25) is 0 Å². The van der Waals surface area contributed by atoms with Crippen LogP contribution in [0.4, 0.5) is 20.6 Å².